The lowest BCUT2D eigenvalue weighted by Crippen LogP contribution is -2.18. The maximum Gasteiger partial charge on any atom is 0.573 e. The first-order valence-electron chi connectivity index (χ1n) is 7.86. The fourth-order valence-electron chi connectivity index (χ4n) is 2.54. The number of carbonyl (C=O) groups is 1. The van der Waals surface area contributed by atoms with Gasteiger partial charge in [-0.25, -0.2) is 14.2 Å². The van der Waals surface area contributed by atoms with Gasteiger partial charge in [-0.3, -0.25) is 0 Å². The first kappa shape index (κ1) is 19.5. The van der Waals surface area contributed by atoms with E-state index in [9.17, 15) is 23.1 Å². The molecule has 0 amide bonds. The lowest BCUT2D eigenvalue weighted by molar-refractivity contribution is -0.274. The fourth-order valence-corrected chi connectivity index (χ4v) is 2.78. The number of alkyl halides is 3. The molecule has 0 unspecified atom stereocenters. The number of carboxylic acids is 1. The summed E-state index contributed by atoms with van der Waals surface area (Å²) < 4.78 is 43.7. The monoisotopic (exact) mass is 408 g/mol. The van der Waals surface area contributed by atoms with Gasteiger partial charge in [-0.15, -0.1) is 13.2 Å². The summed E-state index contributed by atoms with van der Waals surface area (Å²) in [5, 5.41) is 9.26. The minimum Gasteiger partial charge on any atom is -0.478 e. The van der Waals surface area contributed by atoms with E-state index in [1.165, 1.54) is 30.5 Å². The van der Waals surface area contributed by atoms with Crippen molar-refractivity contribution in [3.63, 3.8) is 0 Å². The number of carboxylic acid groups (broad SMARTS) is 1. The van der Waals surface area contributed by atoms with E-state index >= 15 is 0 Å². The van der Waals surface area contributed by atoms with E-state index in [4.69, 9.17) is 11.8 Å². The summed E-state index contributed by atoms with van der Waals surface area (Å²) in [4.78, 5) is 15.3. The maximum absolute atomic E-state index is 12.9. The van der Waals surface area contributed by atoms with Crippen LogP contribution in [0.15, 0.2) is 66.9 Å². The fraction of sp³-hybridized carbons (Fsp3) is 0.0526. The quantitative estimate of drug-likeness (QED) is 0.554. The van der Waals surface area contributed by atoms with Crippen LogP contribution in [0, 0.1) is 0 Å². The molecule has 0 saturated heterocycles. The summed E-state index contributed by atoms with van der Waals surface area (Å²) in [5.41, 5.74) is 0.564. The molecule has 0 aliphatic rings. The van der Waals surface area contributed by atoms with Gasteiger partial charge in [0.05, 0.1) is 5.69 Å². The van der Waals surface area contributed by atoms with Gasteiger partial charge in [-0.05, 0) is 29.8 Å². The van der Waals surface area contributed by atoms with Crippen LogP contribution in [-0.4, -0.2) is 22.4 Å². The summed E-state index contributed by atoms with van der Waals surface area (Å²) in [6.45, 7) is 0. The Labute approximate surface area is 162 Å². The molecule has 0 atom stereocenters. The average Bonchev–Trinajstić information content (AvgIpc) is 2.66. The van der Waals surface area contributed by atoms with Crippen molar-refractivity contribution in [2.24, 2.45) is 0 Å². The topological polar surface area (TPSA) is 62.7 Å². The van der Waals surface area contributed by atoms with E-state index in [0.717, 1.165) is 10.5 Å². The number of aromatic nitrogens is 1. The molecule has 0 aliphatic heterocycles. The van der Waals surface area contributed by atoms with Crippen LogP contribution in [0.1, 0.15) is 10.4 Å². The molecule has 1 heterocycles. The highest BCUT2D eigenvalue weighted by Gasteiger charge is 2.33. The largest absolute Gasteiger partial charge is 0.573 e. The second-order valence-electron chi connectivity index (χ2n) is 5.55. The Bertz CT molecular complexity index is 997. The molecular weight excluding hydrogens is 397 g/mol. The zero-order valence-corrected chi connectivity index (χ0v) is 14.8. The smallest absolute Gasteiger partial charge is 0.478 e. The van der Waals surface area contributed by atoms with Crippen LogP contribution in [0.4, 0.5) is 24.7 Å². The lowest BCUT2D eigenvalue weighted by Gasteiger charge is -2.20. The van der Waals surface area contributed by atoms with Crippen LogP contribution in [0.2, 0.25) is 0 Å². The van der Waals surface area contributed by atoms with Gasteiger partial charge in [-0.2, -0.15) is 0 Å². The first-order chi connectivity index (χ1) is 13.3. The zero-order chi connectivity index (χ0) is 20.3. The van der Waals surface area contributed by atoms with Gasteiger partial charge in [0.1, 0.15) is 11.3 Å². The number of benzene rings is 2. The third-order valence-electron chi connectivity index (χ3n) is 3.71. The molecule has 144 valence electrons. The van der Waals surface area contributed by atoms with E-state index in [1.54, 1.807) is 30.3 Å². The third-order valence-corrected chi connectivity index (χ3v) is 4.06. The summed E-state index contributed by atoms with van der Waals surface area (Å²) in [6, 6.07) is 15.0. The number of aromatic carboxylic acids is 1. The molecule has 9 heteroatoms. The van der Waals surface area contributed by atoms with Crippen molar-refractivity contribution in [2.45, 2.75) is 6.36 Å². The predicted octanol–water partition coefficient (Wildman–Crippen LogP) is 5.64. The van der Waals surface area contributed by atoms with Crippen molar-refractivity contribution in [1.82, 2.24) is 4.98 Å². The second-order valence-corrected chi connectivity index (χ2v) is 5.89. The van der Waals surface area contributed by atoms with Gasteiger partial charge >= 0.3 is 12.3 Å². The van der Waals surface area contributed by atoms with Crippen LogP contribution in [-0.2, 0) is 0 Å². The van der Waals surface area contributed by atoms with Gasteiger partial charge in [0.2, 0.25) is 0 Å². The van der Waals surface area contributed by atoms with Crippen LogP contribution >= 0.6 is 11.8 Å². The summed E-state index contributed by atoms with van der Waals surface area (Å²) in [7, 11) is 0. The highest BCUT2D eigenvalue weighted by molar-refractivity contribution is 6.30. The molecule has 0 saturated carbocycles. The van der Waals surface area contributed by atoms with Gasteiger partial charge in [-0.1, -0.05) is 30.3 Å². The summed E-state index contributed by atoms with van der Waals surface area (Å²) in [6.07, 6.45) is -3.60. The minimum absolute atomic E-state index is 0.0572. The van der Waals surface area contributed by atoms with Crippen molar-refractivity contribution in [3.8, 4) is 16.9 Å². The van der Waals surface area contributed by atoms with Crippen LogP contribution in [0.5, 0.6) is 5.75 Å². The minimum atomic E-state index is -4.92. The Morgan fingerprint density at radius 3 is 2.43 bits per heavy atom. The van der Waals surface area contributed by atoms with Gasteiger partial charge in [0.25, 0.3) is 0 Å². The Balaban J connectivity index is 2.08. The molecule has 5 nitrogen and oxygen atoms in total. The van der Waals surface area contributed by atoms with E-state index in [-0.39, 0.29) is 22.6 Å². The molecule has 0 spiro atoms. The summed E-state index contributed by atoms with van der Waals surface area (Å²) in [5.74, 6) is -1.89. The molecule has 28 heavy (non-hydrogen) atoms. The molecule has 2 aromatic carbocycles. The number of hydrogen-bond donors (Lipinski definition) is 1. The Morgan fingerprint density at radius 1 is 1.07 bits per heavy atom. The van der Waals surface area contributed by atoms with Gasteiger partial charge in [0, 0.05) is 29.6 Å². The lowest BCUT2D eigenvalue weighted by atomic mass is 10.0. The van der Waals surface area contributed by atoms with E-state index in [2.05, 4.69) is 9.72 Å². The molecule has 0 aliphatic carbocycles. The molecule has 1 N–H and O–H groups in total. The Hall–Kier alpha value is -3.26. The van der Waals surface area contributed by atoms with Crippen LogP contribution < -0.4 is 9.16 Å². The number of hydrogen-bond acceptors (Lipinski definition) is 4. The predicted molar refractivity (Wildman–Crippen MR) is 97.7 cm³/mol. The molecule has 0 fully saturated rings. The Kier molecular flexibility index (Phi) is 5.41. The maximum atomic E-state index is 12.9. The van der Waals surface area contributed by atoms with E-state index in [1.807, 2.05) is 0 Å². The Morgan fingerprint density at radius 2 is 1.79 bits per heavy atom. The second kappa shape index (κ2) is 7.77. The molecule has 3 aromatic rings. The average molecular weight is 409 g/mol. The number of nitrogens with zero attached hydrogens (tertiary/aromatic N) is 2. The van der Waals surface area contributed by atoms with Crippen molar-refractivity contribution in [1.29, 1.82) is 0 Å². The van der Waals surface area contributed by atoms with Gasteiger partial charge in [0.15, 0.2) is 5.82 Å². The van der Waals surface area contributed by atoms with Gasteiger partial charge < -0.3 is 9.84 Å². The van der Waals surface area contributed by atoms with Crippen LogP contribution in [0.3, 0.4) is 0 Å². The standard InChI is InChI=1S/C19H12ClF3N2O3/c20-25(17-15(18(26)27)7-4-10-24-17)13-8-9-14(12-5-2-1-3-6-12)16(11-13)28-19(21,22)23/h1-11H,(H,26,27). The van der Waals surface area contributed by atoms with E-state index < -0.39 is 18.1 Å². The first-order valence-corrected chi connectivity index (χ1v) is 8.19. The number of anilines is 2. The van der Waals surface area contributed by atoms with Crippen molar-refractivity contribution in [3.05, 3.63) is 72.4 Å². The normalized spacial score (nSPS) is 11.1. The number of halogens is 4. The summed E-state index contributed by atoms with van der Waals surface area (Å²) >= 11 is 6.19. The SMILES string of the molecule is O=C(O)c1cccnc1N(Cl)c1ccc(-c2ccccc2)c(OC(F)(F)F)c1. The van der Waals surface area contributed by atoms with Crippen LogP contribution in [0.25, 0.3) is 11.1 Å². The molecule has 1 aromatic heterocycles. The number of rotatable bonds is 5. The number of ether oxygens (including phenoxy) is 1. The molecule has 0 bridgehead atoms. The molecule has 3 rings (SSSR count). The molecular formula is C19H12ClF3N2O3. The van der Waals surface area contributed by atoms with Crippen molar-refractivity contribution in [2.75, 3.05) is 4.42 Å². The molecule has 0 radical (unpaired) electrons. The third kappa shape index (κ3) is 4.34. The van der Waals surface area contributed by atoms with E-state index in [0.29, 0.717) is 5.56 Å². The van der Waals surface area contributed by atoms with Crippen molar-refractivity contribution >= 4 is 29.3 Å². The number of pyridine rings is 1. The van der Waals surface area contributed by atoms with Crippen molar-refractivity contribution < 1.29 is 27.8 Å². The highest BCUT2D eigenvalue weighted by Crippen LogP contribution is 2.39. The zero-order valence-electron chi connectivity index (χ0n) is 14.0. The highest BCUT2D eigenvalue weighted by atomic mass is 35.5.